The summed E-state index contributed by atoms with van der Waals surface area (Å²) in [5.41, 5.74) is -0.292. The van der Waals surface area contributed by atoms with Gasteiger partial charge in [-0.25, -0.2) is 0 Å². The first kappa shape index (κ1) is 13.2. The number of hydrogen-bond acceptors (Lipinski definition) is 3. The monoisotopic (exact) mass is 288 g/mol. The van der Waals surface area contributed by atoms with Crippen LogP contribution in [0.2, 0.25) is 0 Å². The number of halogens is 1. The standard InChI is InChI=1S/C12H17BrO3/c1-12(2,8-13)16-10-7-5-6-9(14-3)11(10)15-4/h5-7H,8H2,1-4H3. The van der Waals surface area contributed by atoms with Crippen LogP contribution in [0.3, 0.4) is 0 Å². The Labute approximate surface area is 105 Å². The zero-order chi connectivity index (χ0) is 12.2. The number of alkyl halides is 1. The highest BCUT2D eigenvalue weighted by Gasteiger charge is 2.21. The van der Waals surface area contributed by atoms with E-state index in [4.69, 9.17) is 14.2 Å². The van der Waals surface area contributed by atoms with Gasteiger partial charge in [0, 0.05) is 5.33 Å². The molecule has 0 spiro atoms. The van der Waals surface area contributed by atoms with E-state index in [-0.39, 0.29) is 5.60 Å². The molecule has 1 aromatic rings. The smallest absolute Gasteiger partial charge is 0.203 e. The summed E-state index contributed by atoms with van der Waals surface area (Å²) < 4.78 is 16.4. The van der Waals surface area contributed by atoms with Crippen LogP contribution in [0.15, 0.2) is 18.2 Å². The van der Waals surface area contributed by atoms with Gasteiger partial charge in [0.15, 0.2) is 11.5 Å². The zero-order valence-corrected chi connectivity index (χ0v) is 11.6. The predicted octanol–water partition coefficient (Wildman–Crippen LogP) is 3.26. The quantitative estimate of drug-likeness (QED) is 0.779. The summed E-state index contributed by atoms with van der Waals surface area (Å²) in [6.45, 7) is 4.00. The van der Waals surface area contributed by atoms with E-state index in [1.165, 1.54) is 0 Å². The van der Waals surface area contributed by atoms with Crippen molar-refractivity contribution in [1.82, 2.24) is 0 Å². The molecule has 0 amide bonds. The van der Waals surface area contributed by atoms with E-state index in [1.54, 1.807) is 14.2 Å². The third-order valence-electron chi connectivity index (χ3n) is 2.07. The summed E-state index contributed by atoms with van der Waals surface area (Å²) in [6.07, 6.45) is 0. The SMILES string of the molecule is COc1cccc(OC(C)(C)CBr)c1OC. The molecule has 0 bridgehead atoms. The molecule has 3 nitrogen and oxygen atoms in total. The highest BCUT2D eigenvalue weighted by molar-refractivity contribution is 9.09. The summed E-state index contributed by atoms with van der Waals surface area (Å²) in [6, 6.07) is 5.58. The lowest BCUT2D eigenvalue weighted by molar-refractivity contribution is 0.131. The van der Waals surface area contributed by atoms with Crippen molar-refractivity contribution in [3.8, 4) is 17.2 Å². The van der Waals surface area contributed by atoms with Crippen LogP contribution in [0.25, 0.3) is 0 Å². The molecule has 1 aromatic carbocycles. The van der Waals surface area contributed by atoms with Crippen molar-refractivity contribution in [2.75, 3.05) is 19.5 Å². The van der Waals surface area contributed by atoms with Gasteiger partial charge in [-0.3, -0.25) is 0 Å². The van der Waals surface area contributed by atoms with Crippen LogP contribution in [0, 0.1) is 0 Å². The van der Waals surface area contributed by atoms with E-state index in [0.717, 1.165) is 5.33 Å². The van der Waals surface area contributed by atoms with Crippen molar-refractivity contribution in [3.63, 3.8) is 0 Å². The molecule has 16 heavy (non-hydrogen) atoms. The van der Waals surface area contributed by atoms with E-state index < -0.39 is 0 Å². The highest BCUT2D eigenvalue weighted by Crippen LogP contribution is 2.38. The minimum absolute atomic E-state index is 0.292. The normalized spacial score (nSPS) is 11.1. The Morgan fingerprint density at radius 3 is 2.25 bits per heavy atom. The summed E-state index contributed by atoms with van der Waals surface area (Å²) in [5.74, 6) is 1.98. The molecule has 0 saturated carbocycles. The van der Waals surface area contributed by atoms with E-state index in [1.807, 2.05) is 32.0 Å². The van der Waals surface area contributed by atoms with Crippen molar-refractivity contribution in [1.29, 1.82) is 0 Å². The molecular weight excluding hydrogens is 272 g/mol. The third-order valence-corrected chi connectivity index (χ3v) is 3.43. The molecule has 0 atom stereocenters. The van der Waals surface area contributed by atoms with Gasteiger partial charge in [-0.05, 0) is 26.0 Å². The van der Waals surface area contributed by atoms with Gasteiger partial charge in [0.25, 0.3) is 0 Å². The van der Waals surface area contributed by atoms with Gasteiger partial charge < -0.3 is 14.2 Å². The van der Waals surface area contributed by atoms with E-state index in [0.29, 0.717) is 17.2 Å². The molecule has 0 aliphatic carbocycles. The Balaban J connectivity index is 3.04. The predicted molar refractivity (Wildman–Crippen MR) is 68.0 cm³/mol. The Kier molecular flexibility index (Phi) is 4.47. The van der Waals surface area contributed by atoms with Crippen molar-refractivity contribution in [2.45, 2.75) is 19.4 Å². The molecule has 90 valence electrons. The second-order valence-corrected chi connectivity index (χ2v) is 4.55. The Hall–Kier alpha value is -0.900. The Bertz CT molecular complexity index is 350. The highest BCUT2D eigenvalue weighted by atomic mass is 79.9. The minimum atomic E-state index is -0.292. The van der Waals surface area contributed by atoms with Gasteiger partial charge in [-0.15, -0.1) is 0 Å². The lowest BCUT2D eigenvalue weighted by atomic mass is 10.2. The van der Waals surface area contributed by atoms with E-state index in [2.05, 4.69) is 15.9 Å². The molecule has 0 heterocycles. The van der Waals surface area contributed by atoms with Crippen LogP contribution >= 0.6 is 15.9 Å². The van der Waals surface area contributed by atoms with Crippen LogP contribution < -0.4 is 14.2 Å². The lowest BCUT2D eigenvalue weighted by Crippen LogP contribution is -2.30. The summed E-state index contributed by atoms with van der Waals surface area (Å²) in [4.78, 5) is 0. The molecule has 0 aliphatic rings. The van der Waals surface area contributed by atoms with Crippen LogP contribution in [0.5, 0.6) is 17.2 Å². The first-order chi connectivity index (χ1) is 7.54. The molecule has 0 N–H and O–H groups in total. The van der Waals surface area contributed by atoms with Crippen LogP contribution in [0.1, 0.15) is 13.8 Å². The maximum absolute atomic E-state index is 5.86. The van der Waals surface area contributed by atoms with E-state index >= 15 is 0 Å². The average Bonchev–Trinajstić information content (AvgIpc) is 2.28. The second-order valence-electron chi connectivity index (χ2n) is 3.99. The van der Waals surface area contributed by atoms with Crippen LogP contribution in [-0.2, 0) is 0 Å². The van der Waals surface area contributed by atoms with Gasteiger partial charge in [-0.1, -0.05) is 22.0 Å². The molecule has 0 fully saturated rings. The summed E-state index contributed by atoms with van der Waals surface area (Å²) in [5, 5.41) is 0.736. The maximum Gasteiger partial charge on any atom is 0.203 e. The van der Waals surface area contributed by atoms with Crippen molar-refractivity contribution in [3.05, 3.63) is 18.2 Å². The van der Waals surface area contributed by atoms with Crippen molar-refractivity contribution >= 4 is 15.9 Å². The van der Waals surface area contributed by atoms with Gasteiger partial charge >= 0.3 is 0 Å². The topological polar surface area (TPSA) is 27.7 Å². The van der Waals surface area contributed by atoms with Crippen LogP contribution in [0.4, 0.5) is 0 Å². The molecule has 0 aromatic heterocycles. The van der Waals surface area contributed by atoms with E-state index in [9.17, 15) is 0 Å². The molecule has 0 saturated heterocycles. The number of hydrogen-bond donors (Lipinski definition) is 0. The fourth-order valence-corrected chi connectivity index (χ4v) is 1.38. The first-order valence-corrected chi connectivity index (χ1v) is 6.12. The Morgan fingerprint density at radius 1 is 1.12 bits per heavy atom. The number of methoxy groups -OCH3 is 2. The molecule has 4 heteroatoms. The number of ether oxygens (including phenoxy) is 3. The van der Waals surface area contributed by atoms with Gasteiger partial charge in [-0.2, -0.15) is 0 Å². The van der Waals surface area contributed by atoms with Crippen LogP contribution in [-0.4, -0.2) is 25.2 Å². The largest absolute Gasteiger partial charge is 0.493 e. The van der Waals surface area contributed by atoms with Crippen molar-refractivity contribution < 1.29 is 14.2 Å². The second kappa shape index (κ2) is 5.43. The molecule has 1 rings (SSSR count). The molecule has 0 aliphatic heterocycles. The fourth-order valence-electron chi connectivity index (χ4n) is 1.26. The average molecular weight is 289 g/mol. The maximum atomic E-state index is 5.86. The van der Waals surface area contributed by atoms with Gasteiger partial charge in [0.05, 0.1) is 14.2 Å². The first-order valence-electron chi connectivity index (χ1n) is 5.00. The zero-order valence-electron chi connectivity index (χ0n) is 10.0. The van der Waals surface area contributed by atoms with Gasteiger partial charge in [0.2, 0.25) is 5.75 Å². The van der Waals surface area contributed by atoms with Crippen molar-refractivity contribution in [2.24, 2.45) is 0 Å². The summed E-state index contributed by atoms with van der Waals surface area (Å²) >= 11 is 3.41. The summed E-state index contributed by atoms with van der Waals surface area (Å²) in [7, 11) is 3.21. The minimum Gasteiger partial charge on any atom is -0.493 e. The molecule has 0 radical (unpaired) electrons. The molecular formula is C12H17BrO3. The molecule has 0 unspecified atom stereocenters. The number of benzene rings is 1. The Morgan fingerprint density at radius 2 is 1.75 bits per heavy atom. The fraction of sp³-hybridized carbons (Fsp3) is 0.500. The number of para-hydroxylation sites is 1. The lowest BCUT2D eigenvalue weighted by Gasteiger charge is -2.25. The number of rotatable bonds is 5. The third kappa shape index (κ3) is 3.04. The van der Waals surface area contributed by atoms with Gasteiger partial charge in [0.1, 0.15) is 5.60 Å².